The fourth-order valence-corrected chi connectivity index (χ4v) is 2.78. The Morgan fingerprint density at radius 3 is 2.77 bits per heavy atom. The minimum Gasteiger partial charge on any atom is -0.484 e. The van der Waals surface area contributed by atoms with Gasteiger partial charge >= 0.3 is 5.97 Å². The number of amides is 1. The third-order valence-corrected chi connectivity index (χ3v) is 4.20. The van der Waals surface area contributed by atoms with Crippen molar-refractivity contribution >= 4 is 17.6 Å². The van der Waals surface area contributed by atoms with Gasteiger partial charge in [-0.2, -0.15) is 0 Å². The van der Waals surface area contributed by atoms with Gasteiger partial charge in [0.15, 0.2) is 13.4 Å². The topological polar surface area (TPSA) is 126 Å². The zero-order valence-corrected chi connectivity index (χ0v) is 16.2. The molecular weight excluding hydrogens is 396 g/mol. The second-order valence-corrected chi connectivity index (χ2v) is 6.46. The van der Waals surface area contributed by atoms with Crippen LogP contribution in [0.2, 0.25) is 0 Å². The summed E-state index contributed by atoms with van der Waals surface area (Å²) in [4.78, 5) is 34.8. The lowest BCUT2D eigenvalue weighted by atomic mass is 10.1. The Bertz CT molecular complexity index is 932. The van der Waals surface area contributed by atoms with Gasteiger partial charge in [0.1, 0.15) is 24.1 Å². The van der Waals surface area contributed by atoms with E-state index in [0.717, 1.165) is 0 Å². The van der Waals surface area contributed by atoms with Gasteiger partial charge in [0.2, 0.25) is 0 Å². The van der Waals surface area contributed by atoms with Crippen molar-refractivity contribution < 1.29 is 33.5 Å². The number of esters is 1. The second kappa shape index (κ2) is 9.70. The van der Waals surface area contributed by atoms with Crippen molar-refractivity contribution in [3.63, 3.8) is 0 Å². The number of rotatable bonds is 8. The molecule has 0 fully saturated rings. The van der Waals surface area contributed by atoms with Gasteiger partial charge in [-0.15, -0.1) is 0 Å². The van der Waals surface area contributed by atoms with Crippen molar-refractivity contribution in [1.82, 2.24) is 5.32 Å². The fraction of sp³-hybridized carbons (Fsp3) is 0.300. The zero-order chi connectivity index (χ0) is 21.5. The highest BCUT2D eigenvalue weighted by Crippen LogP contribution is 2.33. The normalized spacial score (nSPS) is 13.4. The highest BCUT2D eigenvalue weighted by molar-refractivity contribution is 5.85. The molecular formula is C20H20N2O8. The van der Waals surface area contributed by atoms with E-state index in [0.29, 0.717) is 22.6 Å². The molecule has 30 heavy (non-hydrogen) atoms. The number of benzene rings is 2. The van der Waals surface area contributed by atoms with Crippen molar-refractivity contribution in [2.24, 2.45) is 0 Å². The molecule has 1 atom stereocenters. The van der Waals surface area contributed by atoms with Crippen LogP contribution in [0.15, 0.2) is 42.5 Å². The van der Waals surface area contributed by atoms with E-state index in [-0.39, 0.29) is 32.3 Å². The number of para-hydroxylation sites is 1. The number of non-ortho nitro benzene ring substituents is 1. The van der Waals surface area contributed by atoms with E-state index in [2.05, 4.69) is 5.32 Å². The van der Waals surface area contributed by atoms with E-state index in [1.165, 1.54) is 19.1 Å². The van der Waals surface area contributed by atoms with Gasteiger partial charge in [-0.3, -0.25) is 14.9 Å². The molecule has 0 bridgehead atoms. The molecule has 0 aliphatic carbocycles. The molecule has 0 aromatic heterocycles. The van der Waals surface area contributed by atoms with Crippen LogP contribution < -0.4 is 14.8 Å². The van der Waals surface area contributed by atoms with Crippen molar-refractivity contribution in [2.45, 2.75) is 26.2 Å². The first kappa shape index (κ1) is 21.1. The smallest absolute Gasteiger partial charge is 0.328 e. The molecule has 10 heteroatoms. The number of ether oxygens (including phenoxy) is 4. The molecule has 0 unspecified atom stereocenters. The molecule has 0 spiro atoms. The summed E-state index contributed by atoms with van der Waals surface area (Å²) in [6, 6.07) is 10.5. The van der Waals surface area contributed by atoms with Gasteiger partial charge in [0.05, 0.1) is 11.5 Å². The number of hydrogen-bond donors (Lipinski definition) is 1. The maximum Gasteiger partial charge on any atom is 0.328 e. The van der Waals surface area contributed by atoms with Crippen molar-refractivity contribution in [3.05, 3.63) is 63.7 Å². The Hall–Kier alpha value is -3.66. The molecule has 0 saturated carbocycles. The average molecular weight is 416 g/mol. The maximum absolute atomic E-state index is 12.2. The molecule has 10 nitrogen and oxygen atoms in total. The van der Waals surface area contributed by atoms with E-state index < -0.39 is 22.8 Å². The Labute approximate surface area is 171 Å². The Balaban J connectivity index is 1.55. The molecule has 1 N–H and O–H groups in total. The van der Waals surface area contributed by atoms with Crippen molar-refractivity contribution in [3.8, 4) is 11.5 Å². The van der Waals surface area contributed by atoms with Crippen LogP contribution in [-0.4, -0.2) is 36.2 Å². The van der Waals surface area contributed by atoms with E-state index in [1.54, 1.807) is 24.3 Å². The van der Waals surface area contributed by atoms with Crippen LogP contribution in [0.25, 0.3) is 0 Å². The first-order valence-electron chi connectivity index (χ1n) is 9.08. The summed E-state index contributed by atoms with van der Waals surface area (Å²) in [5.74, 6) is -0.262. The van der Waals surface area contributed by atoms with Crippen LogP contribution in [0.1, 0.15) is 18.1 Å². The lowest BCUT2D eigenvalue weighted by Crippen LogP contribution is -2.41. The van der Waals surface area contributed by atoms with Crippen LogP contribution >= 0.6 is 0 Å². The molecule has 1 aliphatic heterocycles. The number of fused-ring (bicyclic) bond motifs is 1. The van der Waals surface area contributed by atoms with Gasteiger partial charge in [0, 0.05) is 23.3 Å². The van der Waals surface area contributed by atoms with Gasteiger partial charge in [0.25, 0.3) is 11.6 Å². The predicted octanol–water partition coefficient (Wildman–Crippen LogP) is 2.09. The number of carbonyl (C=O) groups excluding carboxylic acids is 2. The zero-order valence-electron chi connectivity index (χ0n) is 16.2. The van der Waals surface area contributed by atoms with Gasteiger partial charge in [-0.1, -0.05) is 18.2 Å². The molecule has 2 aromatic rings. The van der Waals surface area contributed by atoms with Crippen LogP contribution in [0.4, 0.5) is 5.69 Å². The van der Waals surface area contributed by atoms with Crippen LogP contribution in [-0.2, 0) is 32.3 Å². The highest BCUT2D eigenvalue weighted by atomic mass is 16.7. The Morgan fingerprint density at radius 2 is 2.03 bits per heavy atom. The summed E-state index contributed by atoms with van der Waals surface area (Å²) in [5, 5.41) is 13.6. The summed E-state index contributed by atoms with van der Waals surface area (Å²) in [6.45, 7) is 1.12. The van der Waals surface area contributed by atoms with E-state index in [4.69, 9.17) is 18.9 Å². The summed E-state index contributed by atoms with van der Waals surface area (Å²) < 4.78 is 21.1. The molecule has 1 heterocycles. The highest BCUT2D eigenvalue weighted by Gasteiger charge is 2.23. The number of nitro benzene ring substituents is 1. The first-order chi connectivity index (χ1) is 14.4. The lowest BCUT2D eigenvalue weighted by Gasteiger charge is -2.21. The summed E-state index contributed by atoms with van der Waals surface area (Å²) in [7, 11) is 0. The average Bonchev–Trinajstić information content (AvgIpc) is 2.76. The first-order valence-corrected chi connectivity index (χ1v) is 9.08. The van der Waals surface area contributed by atoms with Crippen molar-refractivity contribution in [2.75, 3.05) is 13.4 Å². The summed E-state index contributed by atoms with van der Waals surface area (Å²) >= 11 is 0. The standard InChI is InChI=1S/C20H20N2O8/c1-13(21-18(23)11-28-17-5-3-2-4-6-17)20(24)29-10-15-8-16(22(25)26)7-14-9-27-12-30-19(14)15/h2-8,13H,9-12H2,1H3,(H,21,23)/t13-/m0/s1. The number of nitrogens with zero attached hydrogens (tertiary/aromatic N) is 1. The third-order valence-electron chi connectivity index (χ3n) is 4.20. The van der Waals surface area contributed by atoms with Crippen LogP contribution in [0, 0.1) is 10.1 Å². The second-order valence-electron chi connectivity index (χ2n) is 6.46. The summed E-state index contributed by atoms with van der Waals surface area (Å²) in [6.07, 6.45) is 0. The maximum atomic E-state index is 12.2. The van der Waals surface area contributed by atoms with E-state index >= 15 is 0 Å². The molecule has 2 aromatic carbocycles. The molecule has 3 rings (SSSR count). The van der Waals surface area contributed by atoms with E-state index in [1.807, 2.05) is 6.07 Å². The van der Waals surface area contributed by atoms with Gasteiger partial charge in [-0.25, -0.2) is 4.79 Å². The molecule has 0 radical (unpaired) electrons. The Morgan fingerprint density at radius 1 is 1.27 bits per heavy atom. The monoisotopic (exact) mass is 416 g/mol. The Kier molecular flexibility index (Phi) is 6.81. The minimum atomic E-state index is -0.935. The quantitative estimate of drug-likeness (QED) is 0.394. The fourth-order valence-electron chi connectivity index (χ4n) is 2.78. The largest absolute Gasteiger partial charge is 0.484 e. The van der Waals surface area contributed by atoms with E-state index in [9.17, 15) is 19.7 Å². The predicted molar refractivity (Wildman–Crippen MR) is 103 cm³/mol. The van der Waals surface area contributed by atoms with Gasteiger partial charge in [-0.05, 0) is 19.1 Å². The van der Waals surface area contributed by atoms with Crippen LogP contribution in [0.5, 0.6) is 11.5 Å². The lowest BCUT2D eigenvalue weighted by molar-refractivity contribution is -0.385. The van der Waals surface area contributed by atoms with Gasteiger partial charge < -0.3 is 24.3 Å². The minimum absolute atomic E-state index is 0.000365. The third kappa shape index (κ3) is 5.45. The molecule has 1 aliphatic rings. The molecule has 158 valence electrons. The number of nitro groups is 1. The molecule has 1 amide bonds. The van der Waals surface area contributed by atoms with Crippen LogP contribution in [0.3, 0.4) is 0 Å². The number of carbonyl (C=O) groups is 2. The molecule has 0 saturated heterocycles. The number of hydrogen-bond acceptors (Lipinski definition) is 8. The SMILES string of the molecule is C[C@H](NC(=O)COc1ccccc1)C(=O)OCc1cc([N+](=O)[O-])cc2c1OCOC2. The summed E-state index contributed by atoms with van der Waals surface area (Å²) in [5.41, 5.74) is 0.691. The van der Waals surface area contributed by atoms with Crippen molar-refractivity contribution in [1.29, 1.82) is 0 Å². The number of nitrogens with one attached hydrogen (secondary N) is 1.